The Morgan fingerprint density at radius 2 is 2.50 bits per heavy atom. The van der Waals surface area contributed by atoms with Crippen molar-refractivity contribution in [3.8, 4) is 0 Å². The van der Waals surface area contributed by atoms with Gasteiger partial charge in [-0.15, -0.1) is 0 Å². The molecule has 1 aliphatic heterocycles. The molecule has 0 spiro atoms. The monoisotopic (exact) mass is 133 g/mol. The topological polar surface area (TPSA) is 46.2 Å². The molecule has 4 heteroatoms. The Morgan fingerprint density at radius 3 is 2.62 bits per heavy atom. The first-order valence-corrected chi connectivity index (χ1v) is 3.71. The summed E-state index contributed by atoms with van der Waals surface area (Å²) in [6, 6.07) is 0.100. The van der Waals surface area contributed by atoms with Crippen LogP contribution < -0.4 is 5.32 Å². The molecule has 1 fully saturated rings. The quantitative estimate of drug-likeness (QED) is 0.499. The van der Waals surface area contributed by atoms with Crippen molar-refractivity contribution in [2.24, 2.45) is 0 Å². The van der Waals surface area contributed by atoms with E-state index in [1.54, 1.807) is 0 Å². The molecule has 0 aromatic heterocycles. The number of nitrogens with one attached hydrogen (secondary N) is 1. The fourth-order valence-electron chi connectivity index (χ4n) is 0.611. The number of carbonyl (C=O) groups is 1. The van der Waals surface area contributed by atoms with Crippen molar-refractivity contribution in [1.82, 2.24) is 5.32 Å². The summed E-state index contributed by atoms with van der Waals surface area (Å²) in [5.41, 5.74) is 0. The molecule has 1 rings (SSSR count). The largest absolute Gasteiger partial charge is 0.342 e. The molecule has 1 amide bonds. The molecule has 0 bridgehead atoms. The van der Waals surface area contributed by atoms with Gasteiger partial charge in [0.05, 0.1) is 5.75 Å². The SMILES string of the molecule is CC1CS(=O)C(=O)N1. The lowest BCUT2D eigenvalue weighted by Crippen LogP contribution is -2.22. The molecule has 3 nitrogen and oxygen atoms in total. The molecule has 8 heavy (non-hydrogen) atoms. The standard InChI is InChI=1S/C4H7NO2S/c1-3-2-8(7)4(6)5-3/h3H,2H2,1H3,(H,5,6). The molecule has 1 heterocycles. The smallest absolute Gasteiger partial charge is 0.309 e. The lowest BCUT2D eigenvalue weighted by Gasteiger charge is -1.93. The van der Waals surface area contributed by atoms with Gasteiger partial charge in [-0.3, -0.25) is 4.79 Å². The van der Waals surface area contributed by atoms with Crippen LogP contribution >= 0.6 is 0 Å². The van der Waals surface area contributed by atoms with Crippen molar-refractivity contribution >= 4 is 16.0 Å². The van der Waals surface area contributed by atoms with Crippen molar-refractivity contribution < 1.29 is 9.00 Å². The maximum absolute atomic E-state index is 10.5. The van der Waals surface area contributed by atoms with Gasteiger partial charge in [-0.2, -0.15) is 0 Å². The second kappa shape index (κ2) is 1.85. The zero-order chi connectivity index (χ0) is 6.15. The lowest BCUT2D eigenvalue weighted by molar-refractivity contribution is 0.260. The van der Waals surface area contributed by atoms with Crippen molar-refractivity contribution in [2.75, 3.05) is 5.75 Å². The molecule has 1 N–H and O–H groups in total. The van der Waals surface area contributed by atoms with Gasteiger partial charge in [-0.25, -0.2) is 4.21 Å². The number of hydrogen-bond donors (Lipinski definition) is 1. The van der Waals surface area contributed by atoms with E-state index in [1.807, 2.05) is 6.92 Å². The highest BCUT2D eigenvalue weighted by atomic mass is 32.2. The minimum absolute atomic E-state index is 0.100. The summed E-state index contributed by atoms with van der Waals surface area (Å²) in [5, 5.41) is 2.21. The molecule has 2 unspecified atom stereocenters. The molecule has 0 saturated carbocycles. The van der Waals surface area contributed by atoms with Gasteiger partial charge in [0.25, 0.3) is 0 Å². The Bertz CT molecular complexity index is 129. The molecule has 0 aliphatic carbocycles. The van der Waals surface area contributed by atoms with Crippen molar-refractivity contribution in [3.63, 3.8) is 0 Å². The van der Waals surface area contributed by atoms with Gasteiger partial charge in [0.15, 0.2) is 0 Å². The minimum Gasteiger partial charge on any atom is -0.342 e. The highest BCUT2D eigenvalue weighted by Crippen LogP contribution is 1.99. The van der Waals surface area contributed by atoms with E-state index in [-0.39, 0.29) is 11.3 Å². The van der Waals surface area contributed by atoms with Gasteiger partial charge in [0.2, 0.25) is 0 Å². The van der Waals surface area contributed by atoms with Gasteiger partial charge in [0.1, 0.15) is 10.8 Å². The second-order valence-corrected chi connectivity index (χ2v) is 3.24. The maximum atomic E-state index is 10.5. The Hall–Kier alpha value is -0.380. The predicted molar refractivity (Wildman–Crippen MR) is 31.0 cm³/mol. The van der Waals surface area contributed by atoms with Crippen LogP contribution in [0.3, 0.4) is 0 Å². The number of rotatable bonds is 0. The Kier molecular flexibility index (Phi) is 1.33. The fraction of sp³-hybridized carbons (Fsp3) is 0.750. The van der Waals surface area contributed by atoms with E-state index in [1.165, 1.54) is 0 Å². The number of hydrogen-bond acceptors (Lipinski definition) is 2. The average Bonchev–Trinajstić information content (AvgIpc) is 1.85. The molecule has 0 aromatic rings. The van der Waals surface area contributed by atoms with Gasteiger partial charge < -0.3 is 5.32 Å². The Morgan fingerprint density at radius 1 is 1.88 bits per heavy atom. The molecular formula is C4H7NO2S. The molecule has 1 saturated heterocycles. The van der Waals surface area contributed by atoms with Gasteiger partial charge >= 0.3 is 5.24 Å². The summed E-state index contributed by atoms with van der Waals surface area (Å²) in [5.74, 6) is 0.471. The number of carbonyl (C=O) groups excluding carboxylic acids is 1. The zero-order valence-corrected chi connectivity index (χ0v) is 5.33. The Balaban J connectivity index is 2.64. The van der Waals surface area contributed by atoms with E-state index in [0.29, 0.717) is 5.75 Å². The first-order chi connectivity index (χ1) is 3.70. The van der Waals surface area contributed by atoms with Gasteiger partial charge in [-0.05, 0) is 6.92 Å². The van der Waals surface area contributed by atoms with E-state index in [9.17, 15) is 9.00 Å². The maximum Gasteiger partial charge on any atom is 0.309 e. The predicted octanol–water partition coefficient (Wildman–Crippen LogP) is -0.153. The zero-order valence-electron chi connectivity index (χ0n) is 4.51. The van der Waals surface area contributed by atoms with Crippen LogP contribution in [0.25, 0.3) is 0 Å². The number of amides is 1. The van der Waals surface area contributed by atoms with Crippen molar-refractivity contribution in [3.05, 3.63) is 0 Å². The summed E-state index contributed by atoms with van der Waals surface area (Å²) >= 11 is 0. The third kappa shape index (κ3) is 0.888. The third-order valence-electron chi connectivity index (χ3n) is 0.972. The molecular weight excluding hydrogens is 126 g/mol. The van der Waals surface area contributed by atoms with Crippen LogP contribution in [0.2, 0.25) is 0 Å². The van der Waals surface area contributed by atoms with Crippen LogP contribution in [0.1, 0.15) is 6.92 Å². The van der Waals surface area contributed by atoms with Crippen LogP contribution in [0.4, 0.5) is 4.79 Å². The van der Waals surface area contributed by atoms with Crippen LogP contribution in [0, 0.1) is 0 Å². The van der Waals surface area contributed by atoms with Crippen molar-refractivity contribution in [2.45, 2.75) is 13.0 Å². The summed E-state index contributed by atoms with van der Waals surface area (Å²) in [4.78, 5) is 10.4. The van der Waals surface area contributed by atoms with Gasteiger partial charge in [0, 0.05) is 6.04 Å². The summed E-state index contributed by atoms with van der Waals surface area (Å²) in [6.07, 6.45) is 0. The molecule has 1 aliphatic rings. The van der Waals surface area contributed by atoms with E-state index in [4.69, 9.17) is 0 Å². The fourth-order valence-corrected chi connectivity index (χ4v) is 1.63. The highest BCUT2D eigenvalue weighted by Gasteiger charge is 2.24. The molecule has 0 radical (unpaired) electrons. The second-order valence-electron chi connectivity index (χ2n) is 1.85. The molecule has 2 atom stereocenters. The summed E-state index contributed by atoms with van der Waals surface area (Å²) in [7, 11) is -1.25. The third-order valence-corrected chi connectivity index (χ3v) is 2.31. The van der Waals surface area contributed by atoms with Crippen LogP contribution in [-0.2, 0) is 10.8 Å². The molecule has 0 aromatic carbocycles. The van der Waals surface area contributed by atoms with E-state index < -0.39 is 10.8 Å². The average molecular weight is 133 g/mol. The summed E-state index contributed by atoms with van der Waals surface area (Å²) in [6.45, 7) is 1.84. The molecule has 46 valence electrons. The van der Waals surface area contributed by atoms with Crippen LogP contribution in [-0.4, -0.2) is 21.2 Å². The minimum atomic E-state index is -1.25. The van der Waals surface area contributed by atoms with E-state index in [0.717, 1.165) is 0 Å². The Labute approximate surface area is 49.9 Å². The van der Waals surface area contributed by atoms with Crippen molar-refractivity contribution in [1.29, 1.82) is 0 Å². The normalized spacial score (nSPS) is 37.4. The van der Waals surface area contributed by atoms with Crippen LogP contribution in [0.5, 0.6) is 0 Å². The first-order valence-electron chi connectivity index (χ1n) is 2.39. The van der Waals surface area contributed by atoms with E-state index >= 15 is 0 Å². The summed E-state index contributed by atoms with van der Waals surface area (Å²) < 4.78 is 10.5. The first kappa shape index (κ1) is 5.75. The van der Waals surface area contributed by atoms with Crippen LogP contribution in [0.15, 0.2) is 0 Å². The van der Waals surface area contributed by atoms with Gasteiger partial charge in [-0.1, -0.05) is 0 Å². The lowest BCUT2D eigenvalue weighted by atomic mass is 10.4. The highest BCUT2D eigenvalue weighted by molar-refractivity contribution is 8.00. The van der Waals surface area contributed by atoms with E-state index in [2.05, 4.69) is 5.32 Å².